The quantitative estimate of drug-likeness (QED) is 0.854. The highest BCUT2D eigenvalue weighted by atomic mass is 16.6. The second-order valence-electron chi connectivity index (χ2n) is 6.83. The first kappa shape index (κ1) is 16.3. The molecule has 2 aromatic rings. The Bertz CT molecular complexity index is 737. The van der Waals surface area contributed by atoms with E-state index in [2.05, 4.69) is 17.2 Å². The van der Waals surface area contributed by atoms with E-state index < -0.39 is 0 Å². The fraction of sp³-hybridized carbons (Fsp3) is 0.474. The number of aryl methyl sites for hydroxylation is 1. The summed E-state index contributed by atoms with van der Waals surface area (Å²) >= 11 is 0. The Balaban J connectivity index is 1.50. The van der Waals surface area contributed by atoms with Crippen LogP contribution < -0.4 is 0 Å². The maximum absolute atomic E-state index is 12.8. The van der Waals surface area contributed by atoms with Crippen LogP contribution in [0, 0.1) is 0 Å². The van der Waals surface area contributed by atoms with Gasteiger partial charge in [-0.25, -0.2) is 0 Å². The molecule has 0 aliphatic carbocycles. The van der Waals surface area contributed by atoms with Gasteiger partial charge >= 0.3 is 0 Å². The average molecular weight is 341 g/mol. The van der Waals surface area contributed by atoms with E-state index in [0.29, 0.717) is 25.4 Å². The highest BCUT2D eigenvalue weighted by molar-refractivity contribution is 5.92. The van der Waals surface area contributed by atoms with Crippen LogP contribution in [0.4, 0.5) is 0 Å². The molecule has 2 fully saturated rings. The van der Waals surface area contributed by atoms with Crippen LogP contribution in [0.25, 0.3) is 0 Å². The molecule has 0 radical (unpaired) electrons. The Morgan fingerprint density at radius 2 is 2.20 bits per heavy atom. The molecular weight excluding hydrogens is 318 g/mol. The van der Waals surface area contributed by atoms with E-state index in [4.69, 9.17) is 9.47 Å². The van der Waals surface area contributed by atoms with Crippen LogP contribution in [0.15, 0.2) is 42.6 Å². The highest BCUT2D eigenvalue weighted by Crippen LogP contribution is 2.37. The molecule has 0 saturated carbocycles. The van der Waals surface area contributed by atoms with Crippen molar-refractivity contribution in [1.82, 2.24) is 14.7 Å². The third-order valence-corrected chi connectivity index (χ3v) is 5.19. The molecule has 2 atom stereocenters. The Morgan fingerprint density at radius 3 is 2.88 bits per heavy atom. The molecule has 2 aliphatic heterocycles. The molecule has 132 valence electrons. The maximum Gasteiger partial charge on any atom is 0.272 e. The van der Waals surface area contributed by atoms with Crippen LogP contribution in [0.5, 0.6) is 0 Å². The summed E-state index contributed by atoms with van der Waals surface area (Å²) in [4.78, 5) is 14.7. The summed E-state index contributed by atoms with van der Waals surface area (Å²) in [5, 5.41) is 4.10. The molecule has 1 aromatic carbocycles. The fourth-order valence-corrected chi connectivity index (χ4v) is 3.83. The van der Waals surface area contributed by atoms with Gasteiger partial charge in [-0.05, 0) is 24.5 Å². The van der Waals surface area contributed by atoms with Gasteiger partial charge in [-0.1, -0.05) is 30.3 Å². The molecule has 1 aromatic heterocycles. The summed E-state index contributed by atoms with van der Waals surface area (Å²) in [6.45, 7) is 2.40. The van der Waals surface area contributed by atoms with Crippen molar-refractivity contribution in [2.75, 3.05) is 19.7 Å². The summed E-state index contributed by atoms with van der Waals surface area (Å²) < 4.78 is 13.9. The smallest absolute Gasteiger partial charge is 0.272 e. The zero-order chi connectivity index (χ0) is 17.3. The zero-order valence-electron chi connectivity index (χ0n) is 14.4. The standard InChI is InChI=1S/C19H23N3O3/c1-21-16(8-10-20-21)18(23)22-12-17(19(14-22)9-5-11-25-19)24-13-15-6-3-2-4-7-15/h2-4,6-8,10,17H,5,9,11-14H2,1H3/t17-,19-/m0/s1. The number of nitrogens with zero attached hydrogens (tertiary/aromatic N) is 3. The maximum atomic E-state index is 12.8. The van der Waals surface area contributed by atoms with Gasteiger partial charge in [0.15, 0.2) is 0 Å². The number of likely N-dealkylation sites (tertiary alicyclic amines) is 1. The summed E-state index contributed by atoms with van der Waals surface area (Å²) in [7, 11) is 1.79. The molecular formula is C19H23N3O3. The lowest BCUT2D eigenvalue weighted by Crippen LogP contribution is -2.42. The van der Waals surface area contributed by atoms with Crippen LogP contribution in [0.2, 0.25) is 0 Å². The number of hydrogen-bond donors (Lipinski definition) is 0. The van der Waals surface area contributed by atoms with E-state index >= 15 is 0 Å². The van der Waals surface area contributed by atoms with Crippen molar-refractivity contribution in [2.45, 2.75) is 31.2 Å². The number of benzene rings is 1. The van der Waals surface area contributed by atoms with Gasteiger partial charge in [0, 0.05) is 19.9 Å². The normalized spacial score (nSPS) is 25.8. The average Bonchev–Trinajstić information content (AvgIpc) is 3.35. The van der Waals surface area contributed by atoms with Crippen LogP contribution in [-0.4, -0.2) is 52.0 Å². The molecule has 2 saturated heterocycles. The van der Waals surface area contributed by atoms with Crippen molar-refractivity contribution >= 4 is 5.91 Å². The minimum atomic E-state index is -0.372. The van der Waals surface area contributed by atoms with Crippen molar-refractivity contribution in [2.24, 2.45) is 7.05 Å². The first-order valence-electron chi connectivity index (χ1n) is 8.75. The predicted octanol–water partition coefficient (Wildman–Crippen LogP) is 2.01. The van der Waals surface area contributed by atoms with E-state index in [-0.39, 0.29) is 17.6 Å². The summed E-state index contributed by atoms with van der Waals surface area (Å²) in [5.41, 5.74) is 1.35. The molecule has 2 aliphatic rings. The van der Waals surface area contributed by atoms with Gasteiger partial charge < -0.3 is 14.4 Å². The number of ether oxygens (including phenoxy) is 2. The lowest BCUT2D eigenvalue weighted by molar-refractivity contribution is -0.0959. The Hall–Kier alpha value is -2.18. The van der Waals surface area contributed by atoms with Gasteiger partial charge in [-0.15, -0.1) is 0 Å². The minimum Gasteiger partial charge on any atom is -0.370 e. The van der Waals surface area contributed by atoms with Gasteiger partial charge in [0.05, 0.1) is 19.7 Å². The first-order valence-corrected chi connectivity index (χ1v) is 8.75. The lowest BCUT2D eigenvalue weighted by Gasteiger charge is -2.28. The molecule has 3 heterocycles. The third-order valence-electron chi connectivity index (χ3n) is 5.19. The number of hydrogen-bond acceptors (Lipinski definition) is 4. The van der Waals surface area contributed by atoms with Crippen LogP contribution in [-0.2, 0) is 23.1 Å². The van der Waals surface area contributed by atoms with Crippen molar-refractivity contribution in [3.8, 4) is 0 Å². The fourth-order valence-electron chi connectivity index (χ4n) is 3.83. The number of carbonyl (C=O) groups excluding carboxylic acids is 1. The zero-order valence-corrected chi connectivity index (χ0v) is 14.4. The number of carbonyl (C=O) groups is 1. The molecule has 4 rings (SSSR count). The van der Waals surface area contributed by atoms with Crippen molar-refractivity contribution in [1.29, 1.82) is 0 Å². The topological polar surface area (TPSA) is 56.6 Å². The van der Waals surface area contributed by atoms with Gasteiger partial charge in [0.2, 0.25) is 0 Å². The van der Waals surface area contributed by atoms with Crippen molar-refractivity contribution < 1.29 is 14.3 Å². The van der Waals surface area contributed by atoms with Gasteiger partial charge in [-0.3, -0.25) is 9.48 Å². The SMILES string of the molecule is Cn1nccc1C(=O)N1C[C@H](OCc2ccccc2)[C@]2(CCCO2)C1. The molecule has 1 amide bonds. The highest BCUT2D eigenvalue weighted by Gasteiger charge is 2.52. The van der Waals surface area contributed by atoms with E-state index in [0.717, 1.165) is 25.0 Å². The molecule has 6 heteroatoms. The van der Waals surface area contributed by atoms with E-state index in [1.54, 1.807) is 24.0 Å². The predicted molar refractivity (Wildman–Crippen MR) is 92.0 cm³/mol. The number of aromatic nitrogens is 2. The van der Waals surface area contributed by atoms with Crippen LogP contribution in [0.3, 0.4) is 0 Å². The van der Waals surface area contributed by atoms with Crippen molar-refractivity contribution in [3.63, 3.8) is 0 Å². The molecule has 0 N–H and O–H groups in total. The lowest BCUT2D eigenvalue weighted by atomic mass is 9.96. The number of rotatable bonds is 4. The van der Waals surface area contributed by atoms with E-state index in [9.17, 15) is 4.79 Å². The largest absolute Gasteiger partial charge is 0.370 e. The Kier molecular flexibility index (Phi) is 4.31. The second kappa shape index (κ2) is 6.61. The van der Waals surface area contributed by atoms with Crippen LogP contribution >= 0.6 is 0 Å². The summed E-state index contributed by atoms with van der Waals surface area (Å²) in [6.07, 6.45) is 3.49. The van der Waals surface area contributed by atoms with Crippen molar-refractivity contribution in [3.05, 3.63) is 53.9 Å². The monoisotopic (exact) mass is 341 g/mol. The number of amides is 1. The Morgan fingerprint density at radius 1 is 1.36 bits per heavy atom. The van der Waals surface area contributed by atoms with E-state index in [1.165, 1.54) is 0 Å². The molecule has 0 unspecified atom stereocenters. The van der Waals surface area contributed by atoms with Crippen LogP contribution in [0.1, 0.15) is 28.9 Å². The van der Waals surface area contributed by atoms with Gasteiger partial charge in [-0.2, -0.15) is 5.10 Å². The minimum absolute atomic E-state index is 0.0133. The Labute approximate surface area is 147 Å². The summed E-state index contributed by atoms with van der Waals surface area (Å²) in [5.74, 6) is -0.0133. The third kappa shape index (κ3) is 3.07. The molecule has 0 bridgehead atoms. The molecule has 6 nitrogen and oxygen atoms in total. The second-order valence-corrected chi connectivity index (χ2v) is 6.83. The first-order chi connectivity index (χ1) is 12.2. The molecule has 25 heavy (non-hydrogen) atoms. The molecule has 1 spiro atoms. The van der Waals surface area contributed by atoms with Gasteiger partial charge in [0.1, 0.15) is 17.4 Å². The summed E-state index contributed by atoms with van der Waals surface area (Å²) in [6, 6.07) is 11.9. The van der Waals surface area contributed by atoms with Gasteiger partial charge in [0.25, 0.3) is 5.91 Å². The van der Waals surface area contributed by atoms with E-state index in [1.807, 2.05) is 23.1 Å².